The zero-order valence-electron chi connectivity index (χ0n) is 11.7. The molecule has 1 aliphatic rings. The van der Waals surface area contributed by atoms with Gasteiger partial charge in [0.25, 0.3) is 0 Å². The van der Waals surface area contributed by atoms with Gasteiger partial charge in [0, 0.05) is 5.69 Å². The van der Waals surface area contributed by atoms with Gasteiger partial charge in [-0.15, -0.1) is 0 Å². The number of amides is 1. The van der Waals surface area contributed by atoms with Crippen molar-refractivity contribution in [3.8, 4) is 0 Å². The number of hydrogen-bond donors (Lipinski definition) is 3. The van der Waals surface area contributed by atoms with Gasteiger partial charge in [0.1, 0.15) is 5.82 Å². The minimum Gasteiger partial charge on any atom is -0.481 e. The van der Waals surface area contributed by atoms with Crippen molar-refractivity contribution in [2.24, 2.45) is 11.8 Å². The molecule has 2 unspecified atom stereocenters. The minimum atomic E-state index is -3.66. The molecule has 2 rings (SSSR count). The van der Waals surface area contributed by atoms with E-state index in [2.05, 4.69) is 5.32 Å². The van der Waals surface area contributed by atoms with Crippen LogP contribution in [0.15, 0.2) is 18.2 Å². The van der Waals surface area contributed by atoms with Gasteiger partial charge in [0.2, 0.25) is 15.9 Å². The van der Waals surface area contributed by atoms with Gasteiger partial charge in [-0.25, -0.2) is 12.8 Å². The SMILES string of the molecule is CS(=O)(=O)Nc1cc(NC(=O)C2CCC2C(=O)O)ccc1F. The van der Waals surface area contributed by atoms with E-state index in [9.17, 15) is 22.4 Å². The molecule has 2 atom stereocenters. The molecule has 0 saturated heterocycles. The number of carbonyl (C=O) groups is 2. The maximum atomic E-state index is 13.5. The molecule has 1 fully saturated rings. The Morgan fingerprint density at radius 3 is 2.41 bits per heavy atom. The lowest BCUT2D eigenvalue weighted by molar-refractivity contribution is -0.151. The molecule has 0 heterocycles. The highest BCUT2D eigenvalue weighted by Crippen LogP contribution is 2.35. The first-order valence-electron chi connectivity index (χ1n) is 6.48. The average Bonchev–Trinajstić information content (AvgIpc) is 2.29. The van der Waals surface area contributed by atoms with Gasteiger partial charge < -0.3 is 10.4 Å². The summed E-state index contributed by atoms with van der Waals surface area (Å²) in [5.74, 6) is -3.63. The second kappa shape index (κ2) is 5.91. The van der Waals surface area contributed by atoms with Gasteiger partial charge >= 0.3 is 5.97 Å². The Balaban J connectivity index is 2.12. The van der Waals surface area contributed by atoms with Crippen molar-refractivity contribution in [3.05, 3.63) is 24.0 Å². The van der Waals surface area contributed by atoms with Crippen molar-refractivity contribution in [2.45, 2.75) is 12.8 Å². The molecule has 9 heteroatoms. The Hall–Kier alpha value is -2.16. The van der Waals surface area contributed by atoms with E-state index in [4.69, 9.17) is 5.11 Å². The number of anilines is 2. The third-order valence-electron chi connectivity index (χ3n) is 3.46. The normalized spacial score (nSPS) is 20.8. The Bertz CT molecular complexity index is 719. The summed E-state index contributed by atoms with van der Waals surface area (Å²) < 4.78 is 37.8. The summed E-state index contributed by atoms with van der Waals surface area (Å²) in [6.07, 6.45) is 1.79. The summed E-state index contributed by atoms with van der Waals surface area (Å²) in [4.78, 5) is 22.9. The molecule has 1 aromatic carbocycles. The van der Waals surface area contributed by atoms with Crippen LogP contribution in [0.2, 0.25) is 0 Å². The lowest BCUT2D eigenvalue weighted by Gasteiger charge is -2.31. The molecule has 0 aromatic heterocycles. The number of rotatable bonds is 5. The average molecular weight is 330 g/mol. The zero-order valence-corrected chi connectivity index (χ0v) is 12.5. The van der Waals surface area contributed by atoms with Crippen molar-refractivity contribution >= 4 is 33.3 Å². The van der Waals surface area contributed by atoms with Gasteiger partial charge in [-0.3, -0.25) is 14.3 Å². The van der Waals surface area contributed by atoms with Crippen LogP contribution in [-0.4, -0.2) is 31.7 Å². The van der Waals surface area contributed by atoms with Crippen LogP contribution < -0.4 is 10.0 Å². The van der Waals surface area contributed by atoms with Crippen molar-refractivity contribution < 1.29 is 27.5 Å². The van der Waals surface area contributed by atoms with Crippen LogP contribution in [0.3, 0.4) is 0 Å². The number of hydrogen-bond acceptors (Lipinski definition) is 4. The van der Waals surface area contributed by atoms with Crippen LogP contribution in [0, 0.1) is 17.7 Å². The predicted octanol–water partition coefficient (Wildman–Crippen LogP) is 1.25. The number of sulfonamides is 1. The molecule has 1 amide bonds. The van der Waals surface area contributed by atoms with Crippen LogP contribution >= 0.6 is 0 Å². The largest absolute Gasteiger partial charge is 0.481 e. The summed E-state index contributed by atoms with van der Waals surface area (Å²) in [5, 5.41) is 11.4. The summed E-state index contributed by atoms with van der Waals surface area (Å²) in [7, 11) is -3.66. The highest BCUT2D eigenvalue weighted by atomic mass is 32.2. The third kappa shape index (κ3) is 3.73. The van der Waals surface area contributed by atoms with E-state index in [0.29, 0.717) is 12.8 Å². The van der Waals surface area contributed by atoms with E-state index < -0.39 is 39.6 Å². The first-order chi connectivity index (χ1) is 10.2. The molecule has 0 aliphatic heterocycles. The molecule has 0 spiro atoms. The minimum absolute atomic E-state index is 0.189. The lowest BCUT2D eigenvalue weighted by Crippen LogP contribution is -2.41. The molecular weight excluding hydrogens is 315 g/mol. The van der Waals surface area contributed by atoms with Crippen molar-refractivity contribution in [2.75, 3.05) is 16.3 Å². The van der Waals surface area contributed by atoms with Crippen molar-refractivity contribution in [1.29, 1.82) is 0 Å². The molecule has 1 aromatic rings. The van der Waals surface area contributed by atoms with Gasteiger partial charge in [0.15, 0.2) is 0 Å². The van der Waals surface area contributed by atoms with E-state index in [-0.39, 0.29) is 11.4 Å². The Morgan fingerprint density at radius 1 is 1.27 bits per heavy atom. The van der Waals surface area contributed by atoms with E-state index in [0.717, 1.165) is 18.4 Å². The van der Waals surface area contributed by atoms with Crippen LogP contribution in [-0.2, 0) is 19.6 Å². The van der Waals surface area contributed by atoms with Gasteiger partial charge in [0.05, 0.1) is 23.8 Å². The highest BCUT2D eigenvalue weighted by molar-refractivity contribution is 7.92. The monoisotopic (exact) mass is 330 g/mol. The van der Waals surface area contributed by atoms with Crippen LogP contribution in [0.25, 0.3) is 0 Å². The molecule has 3 N–H and O–H groups in total. The fourth-order valence-electron chi connectivity index (χ4n) is 2.23. The predicted molar refractivity (Wildman–Crippen MR) is 77.3 cm³/mol. The Kier molecular flexibility index (Phi) is 4.36. The highest BCUT2D eigenvalue weighted by Gasteiger charge is 2.41. The number of nitrogens with one attached hydrogen (secondary N) is 2. The van der Waals surface area contributed by atoms with Crippen molar-refractivity contribution in [1.82, 2.24) is 0 Å². The van der Waals surface area contributed by atoms with Gasteiger partial charge in [-0.1, -0.05) is 0 Å². The number of carboxylic acid groups (broad SMARTS) is 1. The fourth-order valence-corrected chi connectivity index (χ4v) is 2.78. The topological polar surface area (TPSA) is 113 Å². The molecule has 22 heavy (non-hydrogen) atoms. The van der Waals surface area contributed by atoms with Crippen LogP contribution in [0.5, 0.6) is 0 Å². The first-order valence-corrected chi connectivity index (χ1v) is 8.37. The zero-order chi connectivity index (χ0) is 16.5. The number of carboxylic acids is 1. The maximum Gasteiger partial charge on any atom is 0.307 e. The van der Waals surface area contributed by atoms with E-state index in [1.165, 1.54) is 6.07 Å². The number of benzene rings is 1. The summed E-state index contributed by atoms with van der Waals surface area (Å²) in [5.41, 5.74) is -0.0997. The quantitative estimate of drug-likeness (QED) is 0.752. The summed E-state index contributed by atoms with van der Waals surface area (Å²) >= 11 is 0. The van der Waals surface area contributed by atoms with Gasteiger partial charge in [-0.05, 0) is 31.0 Å². The lowest BCUT2D eigenvalue weighted by atomic mass is 9.73. The van der Waals surface area contributed by atoms with E-state index in [1.54, 1.807) is 0 Å². The third-order valence-corrected chi connectivity index (χ3v) is 4.05. The molecule has 0 radical (unpaired) electrons. The van der Waals surface area contributed by atoms with Crippen molar-refractivity contribution in [3.63, 3.8) is 0 Å². The maximum absolute atomic E-state index is 13.5. The number of halogens is 1. The van der Waals surface area contributed by atoms with Crippen LogP contribution in [0.4, 0.5) is 15.8 Å². The van der Waals surface area contributed by atoms with E-state index >= 15 is 0 Å². The van der Waals surface area contributed by atoms with E-state index in [1.807, 2.05) is 4.72 Å². The number of aliphatic carboxylic acids is 1. The standard InChI is InChI=1S/C13H15FN2O5S/c1-22(20,21)16-11-6-7(2-5-10(11)14)15-12(17)8-3-4-9(8)13(18)19/h2,5-6,8-9,16H,3-4H2,1H3,(H,15,17)(H,18,19). The summed E-state index contributed by atoms with van der Waals surface area (Å²) in [6, 6.07) is 3.43. The fraction of sp³-hybridized carbons (Fsp3) is 0.385. The molecular formula is C13H15FN2O5S. The van der Waals surface area contributed by atoms with Crippen LogP contribution in [0.1, 0.15) is 12.8 Å². The smallest absolute Gasteiger partial charge is 0.307 e. The molecule has 7 nitrogen and oxygen atoms in total. The Morgan fingerprint density at radius 2 is 1.91 bits per heavy atom. The first kappa shape index (κ1) is 16.2. The number of carbonyl (C=O) groups excluding carboxylic acids is 1. The van der Waals surface area contributed by atoms with Gasteiger partial charge in [-0.2, -0.15) is 0 Å². The molecule has 120 valence electrons. The Labute approximate surface area is 126 Å². The summed E-state index contributed by atoms with van der Waals surface area (Å²) in [6.45, 7) is 0. The molecule has 1 aliphatic carbocycles. The second-order valence-electron chi connectivity index (χ2n) is 5.19. The molecule has 1 saturated carbocycles. The second-order valence-corrected chi connectivity index (χ2v) is 6.94. The molecule has 0 bridgehead atoms.